The first-order chi connectivity index (χ1) is 3.06. The number of aliphatic hydroxyl groups is 1. The van der Waals surface area contributed by atoms with E-state index in [2.05, 4.69) is 21.1 Å². The molecule has 0 fully saturated rings. The van der Waals surface area contributed by atoms with E-state index in [-0.39, 0.29) is 23.7 Å². The molecule has 0 aliphatic rings. The predicted octanol–water partition coefficient (Wildman–Crippen LogP) is -1.50. The molecule has 1 N–H and O–H groups in total. The van der Waals surface area contributed by atoms with Crippen LogP contribution in [0.2, 0.25) is 0 Å². The van der Waals surface area contributed by atoms with Crippen molar-refractivity contribution in [3.63, 3.8) is 0 Å². The molecule has 8 heavy (non-hydrogen) atoms. The molecule has 0 unspecified atom stereocenters. The van der Waals surface area contributed by atoms with Crippen LogP contribution in [0.15, 0.2) is 0 Å². The molecular weight excluding hydrogens is 169 g/mol. The van der Waals surface area contributed by atoms with Crippen molar-refractivity contribution >= 4 is 17.1 Å². The molecule has 0 saturated carbocycles. The molecule has 0 amide bonds. The van der Waals surface area contributed by atoms with Gasteiger partial charge in [0.15, 0.2) is 0 Å². The van der Waals surface area contributed by atoms with E-state index >= 15 is 0 Å². The quantitative estimate of drug-likeness (QED) is 0.411. The van der Waals surface area contributed by atoms with E-state index in [1.807, 2.05) is 0 Å². The third-order valence-corrected chi connectivity index (χ3v) is 0.771. The molecule has 0 atom stereocenters. The zero-order valence-corrected chi connectivity index (χ0v) is 8.31. The number of aliphatic hydroxyl groups excluding tert-OH is 1. The van der Waals surface area contributed by atoms with Gasteiger partial charge in [0.05, 0.1) is 27.7 Å². The molecule has 0 rings (SSSR count). The fourth-order valence-electron chi connectivity index (χ4n) is 0.300. The van der Waals surface area contributed by atoms with E-state index in [1.54, 1.807) is 0 Å². The van der Waals surface area contributed by atoms with Gasteiger partial charge in [-0.15, -0.1) is 0 Å². The summed E-state index contributed by atoms with van der Waals surface area (Å²) in [6.45, 7) is 1.11. The summed E-state index contributed by atoms with van der Waals surface area (Å²) in [7, 11) is 6.16. The Bertz CT molecular complexity index is 50.9. The second-order valence-electron chi connectivity index (χ2n) is 2.74. The van der Waals surface area contributed by atoms with Crippen molar-refractivity contribution in [1.82, 2.24) is 0 Å². The Labute approximate surface area is 61.6 Å². The average molecular weight is 186 g/mol. The number of hydrogen-bond acceptors (Lipinski definition) is 1. The summed E-state index contributed by atoms with van der Waals surface area (Å²) in [5, 5.41) is 8.39. The molecule has 52 valence electrons. The number of likely N-dealkylation sites (N-methyl/N-ethyl adjacent to an activating group) is 1. The molecule has 0 aromatic heterocycles. The third kappa shape index (κ3) is 9.67. The second-order valence-corrected chi connectivity index (χ2v) is 2.74. The van der Waals surface area contributed by atoms with E-state index in [4.69, 9.17) is 5.11 Å². The van der Waals surface area contributed by atoms with Crippen LogP contribution in [0, 0.1) is 0 Å². The molecule has 0 aliphatic heterocycles. The minimum atomic E-state index is 0. The van der Waals surface area contributed by atoms with E-state index < -0.39 is 0 Å². The molecular formula is C5H17NOSe+2. The van der Waals surface area contributed by atoms with Crippen molar-refractivity contribution < 1.29 is 9.59 Å². The maximum absolute atomic E-state index is 8.39. The third-order valence-electron chi connectivity index (χ3n) is 0.771. The molecule has 0 saturated heterocycles. The minimum absolute atomic E-state index is 0. The van der Waals surface area contributed by atoms with Gasteiger partial charge < -0.3 is 9.59 Å². The fraction of sp³-hybridized carbons (Fsp3) is 1.00. The van der Waals surface area contributed by atoms with Crippen molar-refractivity contribution in [2.24, 2.45) is 0 Å². The first-order valence-electron chi connectivity index (χ1n) is 2.47. The van der Waals surface area contributed by atoms with Gasteiger partial charge in [0, 0.05) is 0 Å². The Balaban J connectivity index is 0. The Morgan fingerprint density at radius 2 is 1.62 bits per heavy atom. The van der Waals surface area contributed by atoms with Crippen molar-refractivity contribution in [2.75, 3.05) is 34.3 Å². The van der Waals surface area contributed by atoms with Gasteiger partial charge in [-0.2, -0.15) is 0 Å². The Hall–Kier alpha value is 0.439. The first-order valence-corrected chi connectivity index (χ1v) is 2.47. The summed E-state index contributed by atoms with van der Waals surface area (Å²) in [6, 6.07) is 0. The summed E-state index contributed by atoms with van der Waals surface area (Å²) < 4.78 is 0.844. The molecule has 0 aliphatic carbocycles. The summed E-state index contributed by atoms with van der Waals surface area (Å²) in [4.78, 5) is 0. The van der Waals surface area contributed by atoms with Crippen LogP contribution >= 0.6 is 0 Å². The summed E-state index contributed by atoms with van der Waals surface area (Å²) in [6.07, 6.45) is 0. The number of rotatable bonds is 2. The van der Waals surface area contributed by atoms with Crippen LogP contribution in [0.25, 0.3) is 0 Å². The van der Waals surface area contributed by atoms with Gasteiger partial charge in [0.2, 0.25) is 0 Å². The Kier molecular flexibility index (Phi) is 6.10. The molecule has 0 spiro atoms. The predicted molar refractivity (Wildman–Crippen MR) is 39.9 cm³/mol. The van der Waals surface area contributed by atoms with Gasteiger partial charge >= 0.3 is 17.1 Å². The van der Waals surface area contributed by atoms with Gasteiger partial charge in [-0.25, -0.2) is 0 Å². The normalized spacial score (nSPS) is 10.5. The van der Waals surface area contributed by atoms with Gasteiger partial charge in [-0.05, 0) is 0 Å². The van der Waals surface area contributed by atoms with Gasteiger partial charge in [0.1, 0.15) is 6.54 Å². The zero-order valence-electron chi connectivity index (χ0n) is 5.89. The number of nitrogens with zero attached hydrogens (tertiary/aromatic N) is 1. The number of quaternary nitrogens is 1. The van der Waals surface area contributed by atoms with Crippen molar-refractivity contribution in [3.8, 4) is 0 Å². The number of hydrogen-bond donors (Lipinski definition) is 1. The molecule has 2 nitrogen and oxygen atoms in total. The molecule has 0 aromatic carbocycles. The standard InChI is InChI=1S/C5H14NO.H2Se/c1-6(2,3)4-5-7;/h7H,4-5H2,1-3H3;1H2/q+1;/p+1. The van der Waals surface area contributed by atoms with Crippen LogP contribution < -0.4 is 0 Å². The Morgan fingerprint density at radius 1 is 1.25 bits per heavy atom. The van der Waals surface area contributed by atoms with E-state index in [9.17, 15) is 0 Å². The summed E-state index contributed by atoms with van der Waals surface area (Å²) in [5.74, 6) is 0. The fourth-order valence-corrected chi connectivity index (χ4v) is 0.300. The van der Waals surface area contributed by atoms with E-state index in [0.717, 1.165) is 11.0 Å². The van der Waals surface area contributed by atoms with Crippen molar-refractivity contribution in [3.05, 3.63) is 0 Å². The molecule has 0 aromatic rings. The van der Waals surface area contributed by atoms with Gasteiger partial charge in [-0.3, -0.25) is 0 Å². The van der Waals surface area contributed by atoms with E-state index in [1.165, 1.54) is 0 Å². The van der Waals surface area contributed by atoms with Crippen LogP contribution in [-0.4, -0.2) is 61.0 Å². The van der Waals surface area contributed by atoms with Gasteiger partial charge in [-0.1, -0.05) is 0 Å². The summed E-state index contributed by atoms with van der Waals surface area (Å²) in [5.41, 5.74) is 0. The van der Waals surface area contributed by atoms with Gasteiger partial charge in [0.25, 0.3) is 0 Å². The average Bonchev–Trinajstić information content (AvgIpc) is 1.30. The Morgan fingerprint density at radius 3 is 1.62 bits per heavy atom. The SMILES string of the molecule is C[N+](C)(C)CCO.[SeH3+]. The second kappa shape index (κ2) is 4.33. The monoisotopic (exact) mass is 187 g/mol. The topological polar surface area (TPSA) is 20.2 Å². The maximum atomic E-state index is 8.39. The molecule has 0 bridgehead atoms. The zero-order chi connectivity index (χ0) is 5.91. The first kappa shape index (κ1) is 11.3. The van der Waals surface area contributed by atoms with Crippen molar-refractivity contribution in [1.29, 1.82) is 0 Å². The van der Waals surface area contributed by atoms with Crippen LogP contribution in [0.3, 0.4) is 0 Å². The van der Waals surface area contributed by atoms with Crippen molar-refractivity contribution in [2.45, 2.75) is 0 Å². The van der Waals surface area contributed by atoms with Crippen LogP contribution in [-0.2, 0) is 0 Å². The van der Waals surface area contributed by atoms with Crippen LogP contribution in [0.5, 0.6) is 0 Å². The summed E-state index contributed by atoms with van der Waals surface area (Å²) >= 11 is 0. The molecule has 0 heterocycles. The molecule has 0 radical (unpaired) electrons. The van der Waals surface area contributed by atoms with E-state index in [0.29, 0.717) is 0 Å². The molecule has 3 heteroatoms. The van der Waals surface area contributed by atoms with Crippen LogP contribution in [0.4, 0.5) is 0 Å². The van der Waals surface area contributed by atoms with Crippen LogP contribution in [0.1, 0.15) is 0 Å².